The number of anilines is 1. The fourth-order valence-corrected chi connectivity index (χ4v) is 1.86. The first-order valence-corrected chi connectivity index (χ1v) is 6.63. The van der Waals surface area contributed by atoms with Gasteiger partial charge in [-0.3, -0.25) is 14.9 Å². The summed E-state index contributed by atoms with van der Waals surface area (Å²) in [4.78, 5) is 22.6. The van der Waals surface area contributed by atoms with E-state index in [1.54, 1.807) is 19.9 Å². The Kier molecular flexibility index (Phi) is 5.64. The second-order valence-electron chi connectivity index (χ2n) is 5.03. The maximum Gasteiger partial charge on any atom is 0.293 e. The van der Waals surface area contributed by atoms with Crippen molar-refractivity contribution in [2.24, 2.45) is 11.7 Å². The lowest BCUT2D eigenvalue weighted by Crippen LogP contribution is -2.21. The summed E-state index contributed by atoms with van der Waals surface area (Å²) in [6.07, 6.45) is 1.42. The summed E-state index contributed by atoms with van der Waals surface area (Å²) in [6.45, 7) is 5.98. The van der Waals surface area contributed by atoms with E-state index >= 15 is 0 Å². The predicted molar refractivity (Wildman–Crippen MR) is 78.7 cm³/mol. The number of amides is 1. The van der Waals surface area contributed by atoms with Crippen LogP contribution in [0.4, 0.5) is 11.4 Å². The number of nitrogens with one attached hydrogen (secondary N) is 1. The van der Waals surface area contributed by atoms with Crippen molar-refractivity contribution in [3.63, 3.8) is 0 Å². The van der Waals surface area contributed by atoms with Crippen LogP contribution in [0.15, 0.2) is 12.1 Å². The molecule has 6 nitrogen and oxygen atoms in total. The fraction of sp³-hybridized carbons (Fsp3) is 0.500. The molecule has 6 heteroatoms. The van der Waals surface area contributed by atoms with Gasteiger partial charge in [0.2, 0.25) is 5.91 Å². The molecule has 0 saturated carbocycles. The Morgan fingerprint density at radius 3 is 2.55 bits per heavy atom. The van der Waals surface area contributed by atoms with Gasteiger partial charge >= 0.3 is 0 Å². The zero-order valence-corrected chi connectivity index (χ0v) is 12.1. The summed E-state index contributed by atoms with van der Waals surface area (Å²) in [5.74, 6) is -0.440. The molecule has 0 radical (unpaired) electrons. The number of hydrogen-bond donors (Lipinski definition) is 2. The normalized spacial score (nSPS) is 12.0. The molecule has 1 aromatic rings. The van der Waals surface area contributed by atoms with E-state index in [1.807, 2.05) is 6.92 Å². The summed E-state index contributed by atoms with van der Waals surface area (Å²) in [7, 11) is 0. The minimum atomic E-state index is -0.480. The fourth-order valence-electron chi connectivity index (χ4n) is 1.86. The van der Waals surface area contributed by atoms with E-state index in [9.17, 15) is 14.9 Å². The number of rotatable bonds is 6. The van der Waals surface area contributed by atoms with Crippen molar-refractivity contribution < 1.29 is 9.72 Å². The van der Waals surface area contributed by atoms with Crippen LogP contribution in [-0.4, -0.2) is 17.4 Å². The molecular weight excluding hydrogens is 258 g/mol. The Hall–Kier alpha value is -1.95. The number of nitro benzene ring substituents is 1. The van der Waals surface area contributed by atoms with Crippen molar-refractivity contribution in [3.8, 4) is 0 Å². The van der Waals surface area contributed by atoms with Gasteiger partial charge in [0.15, 0.2) is 0 Å². The van der Waals surface area contributed by atoms with E-state index in [2.05, 4.69) is 5.32 Å². The SMILES string of the molecule is Cc1cc(NC(=O)C(C)CCCN)c([N+](=O)[O-])cc1C. The lowest BCUT2D eigenvalue weighted by Gasteiger charge is -2.13. The van der Waals surface area contributed by atoms with Gasteiger partial charge in [0, 0.05) is 12.0 Å². The Morgan fingerprint density at radius 2 is 2.00 bits per heavy atom. The Morgan fingerprint density at radius 1 is 1.40 bits per heavy atom. The van der Waals surface area contributed by atoms with E-state index in [1.165, 1.54) is 6.07 Å². The molecule has 110 valence electrons. The molecule has 0 fully saturated rings. The minimum Gasteiger partial charge on any atom is -0.330 e. The topological polar surface area (TPSA) is 98.3 Å². The largest absolute Gasteiger partial charge is 0.330 e. The third-order valence-corrected chi connectivity index (χ3v) is 3.36. The number of benzene rings is 1. The molecule has 1 amide bonds. The molecule has 1 unspecified atom stereocenters. The molecule has 1 aromatic carbocycles. The molecule has 20 heavy (non-hydrogen) atoms. The zero-order chi connectivity index (χ0) is 15.3. The highest BCUT2D eigenvalue weighted by Crippen LogP contribution is 2.28. The highest BCUT2D eigenvalue weighted by molar-refractivity contribution is 5.94. The maximum absolute atomic E-state index is 12.0. The summed E-state index contributed by atoms with van der Waals surface area (Å²) >= 11 is 0. The number of nitrogens with zero attached hydrogens (tertiary/aromatic N) is 1. The van der Waals surface area contributed by atoms with Crippen molar-refractivity contribution in [2.45, 2.75) is 33.6 Å². The van der Waals surface area contributed by atoms with E-state index in [-0.39, 0.29) is 23.2 Å². The van der Waals surface area contributed by atoms with Crippen LogP contribution < -0.4 is 11.1 Å². The number of carbonyl (C=O) groups excluding carboxylic acids is 1. The highest BCUT2D eigenvalue weighted by atomic mass is 16.6. The number of nitrogens with two attached hydrogens (primary N) is 1. The van der Waals surface area contributed by atoms with E-state index < -0.39 is 4.92 Å². The second kappa shape index (κ2) is 7.00. The zero-order valence-electron chi connectivity index (χ0n) is 12.1. The average molecular weight is 279 g/mol. The molecule has 3 N–H and O–H groups in total. The molecule has 0 saturated heterocycles. The monoisotopic (exact) mass is 279 g/mol. The van der Waals surface area contributed by atoms with Crippen molar-refractivity contribution >= 4 is 17.3 Å². The van der Waals surface area contributed by atoms with E-state index in [0.29, 0.717) is 13.0 Å². The molecule has 0 spiro atoms. The summed E-state index contributed by atoms with van der Waals surface area (Å²) in [6, 6.07) is 3.12. The number of hydrogen-bond acceptors (Lipinski definition) is 4. The molecule has 1 atom stereocenters. The van der Waals surface area contributed by atoms with Gasteiger partial charge < -0.3 is 11.1 Å². The highest BCUT2D eigenvalue weighted by Gasteiger charge is 2.20. The summed E-state index contributed by atoms with van der Waals surface area (Å²) < 4.78 is 0. The van der Waals surface area contributed by atoms with Crippen LogP contribution in [0, 0.1) is 29.9 Å². The third kappa shape index (κ3) is 4.03. The first kappa shape index (κ1) is 16.1. The van der Waals surface area contributed by atoms with Crippen LogP contribution in [0.1, 0.15) is 30.9 Å². The van der Waals surface area contributed by atoms with E-state index in [4.69, 9.17) is 5.73 Å². The molecule has 0 aliphatic carbocycles. The smallest absolute Gasteiger partial charge is 0.293 e. The molecular formula is C14H21N3O3. The van der Waals surface area contributed by atoms with Crippen LogP contribution in [0.5, 0.6) is 0 Å². The molecule has 1 rings (SSSR count). The van der Waals surface area contributed by atoms with Crippen molar-refractivity contribution in [3.05, 3.63) is 33.4 Å². The van der Waals surface area contributed by atoms with Gasteiger partial charge in [0.25, 0.3) is 5.69 Å². The van der Waals surface area contributed by atoms with Crippen molar-refractivity contribution in [1.29, 1.82) is 0 Å². The van der Waals surface area contributed by atoms with Gasteiger partial charge in [-0.2, -0.15) is 0 Å². The molecule has 0 heterocycles. The quantitative estimate of drug-likeness (QED) is 0.617. The Labute approximate surface area is 118 Å². The van der Waals surface area contributed by atoms with Gasteiger partial charge in [0.1, 0.15) is 5.69 Å². The number of nitro groups is 1. The van der Waals surface area contributed by atoms with Crippen LogP contribution in [0.2, 0.25) is 0 Å². The maximum atomic E-state index is 12.0. The van der Waals surface area contributed by atoms with Gasteiger partial charge in [-0.05, 0) is 50.4 Å². The second-order valence-corrected chi connectivity index (χ2v) is 5.03. The van der Waals surface area contributed by atoms with Gasteiger partial charge in [0.05, 0.1) is 4.92 Å². The molecule has 0 aromatic heterocycles. The van der Waals surface area contributed by atoms with Crippen molar-refractivity contribution in [1.82, 2.24) is 0 Å². The third-order valence-electron chi connectivity index (χ3n) is 3.36. The molecule has 0 aliphatic rings. The Bertz CT molecular complexity index is 515. The standard InChI is InChI=1S/C14H21N3O3/c1-9(5-4-6-15)14(18)16-12-7-10(2)11(3)8-13(12)17(19)20/h7-9H,4-6,15H2,1-3H3,(H,16,18). The van der Waals surface area contributed by atoms with E-state index in [0.717, 1.165) is 17.5 Å². The predicted octanol–water partition coefficient (Wildman–Crippen LogP) is 2.53. The average Bonchev–Trinajstić information content (AvgIpc) is 2.39. The van der Waals surface area contributed by atoms with Gasteiger partial charge in [-0.25, -0.2) is 0 Å². The number of carbonyl (C=O) groups is 1. The molecule has 0 bridgehead atoms. The Balaban J connectivity index is 2.93. The van der Waals surface area contributed by atoms with Gasteiger partial charge in [-0.15, -0.1) is 0 Å². The summed E-state index contributed by atoms with van der Waals surface area (Å²) in [5, 5.41) is 13.7. The van der Waals surface area contributed by atoms with Crippen LogP contribution in [-0.2, 0) is 4.79 Å². The lowest BCUT2D eigenvalue weighted by atomic mass is 10.0. The molecule has 0 aliphatic heterocycles. The van der Waals surface area contributed by atoms with Crippen LogP contribution >= 0.6 is 0 Å². The summed E-state index contributed by atoms with van der Waals surface area (Å²) in [5.41, 5.74) is 7.31. The van der Waals surface area contributed by atoms with Crippen LogP contribution in [0.25, 0.3) is 0 Å². The first-order valence-electron chi connectivity index (χ1n) is 6.63. The lowest BCUT2D eigenvalue weighted by molar-refractivity contribution is -0.384. The first-order chi connectivity index (χ1) is 9.36. The minimum absolute atomic E-state index is 0.0764. The van der Waals surface area contributed by atoms with Crippen molar-refractivity contribution in [2.75, 3.05) is 11.9 Å². The van der Waals surface area contributed by atoms with Crippen LogP contribution in [0.3, 0.4) is 0 Å². The number of aryl methyl sites for hydroxylation is 2. The van der Waals surface area contributed by atoms with Gasteiger partial charge in [-0.1, -0.05) is 6.92 Å².